The van der Waals surface area contributed by atoms with Gasteiger partial charge in [-0.3, -0.25) is 9.59 Å². The Balaban J connectivity index is 1.58. The lowest BCUT2D eigenvalue weighted by atomic mass is 10.1. The van der Waals surface area contributed by atoms with Crippen LogP contribution >= 0.6 is 11.6 Å². The van der Waals surface area contributed by atoms with Crippen molar-refractivity contribution in [1.29, 1.82) is 0 Å². The summed E-state index contributed by atoms with van der Waals surface area (Å²) in [6, 6.07) is 19.4. The highest BCUT2D eigenvalue weighted by atomic mass is 35.5. The van der Waals surface area contributed by atoms with Gasteiger partial charge in [0.25, 0.3) is 5.91 Å². The quantitative estimate of drug-likeness (QED) is 0.712. The first-order valence-corrected chi connectivity index (χ1v) is 8.35. The van der Waals surface area contributed by atoms with Crippen LogP contribution in [-0.4, -0.2) is 16.8 Å². The molecule has 0 saturated carbocycles. The van der Waals surface area contributed by atoms with E-state index < -0.39 is 0 Å². The van der Waals surface area contributed by atoms with Crippen LogP contribution in [0, 0.1) is 0 Å². The van der Waals surface area contributed by atoms with Gasteiger partial charge in [0, 0.05) is 17.4 Å². The lowest BCUT2D eigenvalue weighted by Gasteiger charge is -2.07. The Morgan fingerprint density at radius 1 is 0.885 bits per heavy atom. The van der Waals surface area contributed by atoms with Gasteiger partial charge in [-0.1, -0.05) is 41.9 Å². The Morgan fingerprint density at radius 2 is 1.62 bits per heavy atom. The molecule has 3 aromatic rings. The number of benzene rings is 2. The molecule has 0 fully saturated rings. The summed E-state index contributed by atoms with van der Waals surface area (Å²) in [4.78, 5) is 28.3. The zero-order chi connectivity index (χ0) is 18.4. The van der Waals surface area contributed by atoms with Gasteiger partial charge in [-0.05, 0) is 42.0 Å². The molecule has 0 unspecified atom stereocenters. The third-order valence-corrected chi connectivity index (χ3v) is 3.83. The molecule has 130 valence electrons. The van der Waals surface area contributed by atoms with Crippen molar-refractivity contribution >= 4 is 34.9 Å². The molecule has 3 rings (SSSR count). The van der Waals surface area contributed by atoms with E-state index in [1.807, 2.05) is 30.3 Å². The number of aromatic nitrogens is 1. The summed E-state index contributed by atoms with van der Waals surface area (Å²) in [7, 11) is 0. The monoisotopic (exact) mass is 365 g/mol. The molecule has 26 heavy (non-hydrogen) atoms. The summed E-state index contributed by atoms with van der Waals surface area (Å²) in [5.41, 5.74) is 2.03. The topological polar surface area (TPSA) is 71.1 Å². The Hall–Kier alpha value is -3.18. The summed E-state index contributed by atoms with van der Waals surface area (Å²) in [6.45, 7) is 0. The summed E-state index contributed by atoms with van der Waals surface area (Å²) in [6.07, 6.45) is 1.76. The minimum atomic E-state index is -0.290. The van der Waals surface area contributed by atoms with Gasteiger partial charge in [0.2, 0.25) is 5.91 Å². The van der Waals surface area contributed by atoms with E-state index in [0.717, 1.165) is 5.56 Å². The number of carbonyl (C=O) groups is 2. The summed E-state index contributed by atoms with van der Waals surface area (Å²) in [5, 5.41) is 6.00. The molecule has 0 radical (unpaired) electrons. The lowest BCUT2D eigenvalue weighted by Crippen LogP contribution is -2.15. The van der Waals surface area contributed by atoms with Gasteiger partial charge in [0.15, 0.2) is 0 Å². The minimum Gasteiger partial charge on any atom is -0.326 e. The number of pyridine rings is 1. The predicted molar refractivity (Wildman–Crippen MR) is 102 cm³/mol. The van der Waals surface area contributed by atoms with Gasteiger partial charge in [0.05, 0.1) is 11.4 Å². The summed E-state index contributed by atoms with van der Waals surface area (Å²) < 4.78 is 0. The van der Waals surface area contributed by atoms with Crippen molar-refractivity contribution in [3.8, 4) is 0 Å². The molecule has 0 aliphatic carbocycles. The molecule has 1 aromatic heterocycles. The lowest BCUT2D eigenvalue weighted by molar-refractivity contribution is -0.115. The molecule has 2 N–H and O–H groups in total. The SMILES string of the molecule is O=C(Cc1ccccc1)Nc1ccc(C(=O)Nc2ccc(Cl)cn2)cc1. The van der Waals surface area contributed by atoms with Crippen LogP contribution < -0.4 is 10.6 Å². The second kappa shape index (κ2) is 8.27. The van der Waals surface area contributed by atoms with Gasteiger partial charge in [-0.25, -0.2) is 4.98 Å². The second-order valence-corrected chi connectivity index (χ2v) is 6.04. The molecular formula is C20H16ClN3O2. The molecule has 6 heteroatoms. The predicted octanol–water partition coefficient (Wildman–Crippen LogP) is 4.17. The second-order valence-electron chi connectivity index (χ2n) is 5.60. The molecule has 1 heterocycles. The van der Waals surface area contributed by atoms with Crippen molar-refractivity contribution in [2.75, 3.05) is 10.6 Å². The van der Waals surface area contributed by atoms with E-state index in [2.05, 4.69) is 15.6 Å². The normalized spacial score (nSPS) is 10.2. The standard InChI is InChI=1S/C20H16ClN3O2/c21-16-8-11-18(22-13-16)24-20(26)15-6-9-17(10-7-15)23-19(25)12-14-4-2-1-3-5-14/h1-11,13H,12H2,(H,23,25)(H,22,24,26). The fourth-order valence-corrected chi connectivity index (χ4v) is 2.44. The molecule has 2 aromatic carbocycles. The number of nitrogens with zero attached hydrogens (tertiary/aromatic N) is 1. The number of hydrogen-bond donors (Lipinski definition) is 2. The zero-order valence-electron chi connectivity index (χ0n) is 13.8. The average molecular weight is 366 g/mol. The molecule has 2 amide bonds. The van der Waals surface area contributed by atoms with Crippen LogP contribution in [0.1, 0.15) is 15.9 Å². The highest BCUT2D eigenvalue weighted by Crippen LogP contribution is 2.14. The number of halogens is 1. The smallest absolute Gasteiger partial charge is 0.256 e. The summed E-state index contributed by atoms with van der Waals surface area (Å²) >= 11 is 5.77. The maximum Gasteiger partial charge on any atom is 0.256 e. The zero-order valence-corrected chi connectivity index (χ0v) is 14.5. The van der Waals surface area contributed by atoms with Crippen LogP contribution in [0.25, 0.3) is 0 Å². The molecule has 0 atom stereocenters. The van der Waals surface area contributed by atoms with E-state index in [9.17, 15) is 9.59 Å². The van der Waals surface area contributed by atoms with Gasteiger partial charge in [-0.15, -0.1) is 0 Å². The Bertz CT molecular complexity index is 895. The van der Waals surface area contributed by atoms with Gasteiger partial charge in [0.1, 0.15) is 5.82 Å². The highest BCUT2D eigenvalue weighted by Gasteiger charge is 2.08. The third-order valence-electron chi connectivity index (χ3n) is 3.61. The average Bonchev–Trinajstić information content (AvgIpc) is 2.65. The molecule has 5 nitrogen and oxygen atoms in total. The number of hydrogen-bond acceptors (Lipinski definition) is 3. The van der Waals surface area contributed by atoms with E-state index >= 15 is 0 Å². The van der Waals surface area contributed by atoms with Crippen molar-refractivity contribution < 1.29 is 9.59 Å². The van der Waals surface area contributed by atoms with Crippen molar-refractivity contribution in [2.24, 2.45) is 0 Å². The van der Waals surface area contributed by atoms with E-state index in [0.29, 0.717) is 28.5 Å². The molecule has 0 aliphatic rings. The van der Waals surface area contributed by atoms with Crippen LogP contribution in [0.15, 0.2) is 72.9 Å². The van der Waals surface area contributed by atoms with Crippen molar-refractivity contribution in [3.05, 3.63) is 89.1 Å². The molecule has 0 spiro atoms. The number of nitrogens with one attached hydrogen (secondary N) is 2. The first-order chi connectivity index (χ1) is 12.6. The maximum atomic E-state index is 12.2. The van der Waals surface area contributed by atoms with Crippen molar-refractivity contribution in [1.82, 2.24) is 4.98 Å². The Kier molecular flexibility index (Phi) is 5.61. The van der Waals surface area contributed by atoms with E-state index in [1.54, 1.807) is 36.4 Å². The minimum absolute atomic E-state index is 0.112. The third kappa shape index (κ3) is 4.91. The van der Waals surface area contributed by atoms with E-state index in [4.69, 9.17) is 11.6 Å². The Morgan fingerprint density at radius 3 is 2.27 bits per heavy atom. The van der Waals surface area contributed by atoms with E-state index in [-0.39, 0.29) is 11.8 Å². The van der Waals surface area contributed by atoms with Crippen LogP contribution in [0.2, 0.25) is 5.02 Å². The van der Waals surface area contributed by atoms with Crippen molar-refractivity contribution in [3.63, 3.8) is 0 Å². The fourth-order valence-electron chi connectivity index (χ4n) is 2.33. The van der Waals surface area contributed by atoms with Crippen molar-refractivity contribution in [2.45, 2.75) is 6.42 Å². The van der Waals surface area contributed by atoms with E-state index in [1.165, 1.54) is 6.20 Å². The largest absolute Gasteiger partial charge is 0.326 e. The first kappa shape index (κ1) is 17.6. The molecule has 0 bridgehead atoms. The van der Waals surface area contributed by atoms with Crippen LogP contribution in [0.4, 0.5) is 11.5 Å². The number of carbonyl (C=O) groups excluding carboxylic acids is 2. The highest BCUT2D eigenvalue weighted by molar-refractivity contribution is 6.30. The molecule has 0 aliphatic heterocycles. The Labute approximate surface area is 156 Å². The van der Waals surface area contributed by atoms with Crippen LogP contribution in [0.5, 0.6) is 0 Å². The van der Waals surface area contributed by atoms with Gasteiger partial charge in [-0.2, -0.15) is 0 Å². The number of amides is 2. The first-order valence-electron chi connectivity index (χ1n) is 7.97. The fraction of sp³-hybridized carbons (Fsp3) is 0.0500. The molecular weight excluding hydrogens is 350 g/mol. The van der Waals surface area contributed by atoms with Crippen LogP contribution in [-0.2, 0) is 11.2 Å². The summed E-state index contributed by atoms with van der Waals surface area (Å²) in [5.74, 6) is 0.0143. The number of rotatable bonds is 5. The van der Waals surface area contributed by atoms with Gasteiger partial charge >= 0.3 is 0 Å². The van der Waals surface area contributed by atoms with Gasteiger partial charge < -0.3 is 10.6 Å². The van der Waals surface area contributed by atoms with Crippen LogP contribution in [0.3, 0.4) is 0 Å². The number of anilines is 2. The molecule has 0 saturated heterocycles. The maximum absolute atomic E-state index is 12.2.